The van der Waals surface area contributed by atoms with Crippen LogP contribution in [0.2, 0.25) is 5.02 Å². The average Bonchev–Trinajstić information content (AvgIpc) is 2.09. The molecule has 0 amide bonds. The first kappa shape index (κ1) is 11.1. The molecular weight excluding hydrogens is 202 g/mol. The summed E-state index contributed by atoms with van der Waals surface area (Å²) in [6.45, 7) is 2.97. The molecule has 0 saturated heterocycles. The second-order valence-corrected chi connectivity index (χ2v) is 3.47. The maximum Gasteiger partial charge on any atom is 0.141 e. The zero-order chi connectivity index (χ0) is 10.6. The minimum absolute atomic E-state index is 0.152. The van der Waals surface area contributed by atoms with Gasteiger partial charge < -0.3 is 15.6 Å². The fourth-order valence-electron chi connectivity index (χ4n) is 1.15. The van der Waals surface area contributed by atoms with Crippen molar-refractivity contribution >= 4 is 11.6 Å². The number of nitrogens with two attached hydrogens (primary N) is 1. The molecule has 0 heterocycles. The molecule has 4 heteroatoms. The van der Waals surface area contributed by atoms with Crippen LogP contribution in [-0.2, 0) is 0 Å². The molecule has 1 rings (SSSR count). The van der Waals surface area contributed by atoms with Crippen LogP contribution in [0.3, 0.4) is 0 Å². The molecule has 0 fully saturated rings. The average molecular weight is 216 g/mol. The third kappa shape index (κ3) is 2.79. The second-order valence-electron chi connectivity index (χ2n) is 3.06. The van der Waals surface area contributed by atoms with E-state index in [1.807, 2.05) is 6.92 Å². The van der Waals surface area contributed by atoms with E-state index in [0.717, 1.165) is 12.0 Å². The molecule has 3 N–H and O–H groups in total. The molecule has 78 valence electrons. The van der Waals surface area contributed by atoms with Crippen molar-refractivity contribution in [1.29, 1.82) is 0 Å². The van der Waals surface area contributed by atoms with Crippen LogP contribution < -0.4 is 10.5 Å². The zero-order valence-corrected chi connectivity index (χ0v) is 8.84. The summed E-state index contributed by atoms with van der Waals surface area (Å²) in [5.74, 6) is 0.775. The van der Waals surface area contributed by atoms with Gasteiger partial charge in [-0.25, -0.2) is 0 Å². The number of aromatic hydroxyl groups is 1. The van der Waals surface area contributed by atoms with Gasteiger partial charge in [-0.3, -0.25) is 0 Å². The number of hydrogen-bond acceptors (Lipinski definition) is 3. The van der Waals surface area contributed by atoms with Crippen molar-refractivity contribution in [3.05, 3.63) is 22.7 Å². The van der Waals surface area contributed by atoms with E-state index in [0.29, 0.717) is 23.9 Å². The molecule has 0 aromatic heterocycles. The normalized spacial score (nSPS) is 10.2. The number of ether oxygens (including phenoxy) is 1. The van der Waals surface area contributed by atoms with Gasteiger partial charge in [0.25, 0.3) is 0 Å². The van der Waals surface area contributed by atoms with E-state index in [1.54, 1.807) is 6.07 Å². The van der Waals surface area contributed by atoms with E-state index in [9.17, 15) is 5.11 Å². The van der Waals surface area contributed by atoms with E-state index in [2.05, 4.69) is 0 Å². The molecule has 0 aliphatic carbocycles. The molecule has 1 aromatic rings. The largest absolute Gasteiger partial charge is 0.508 e. The highest BCUT2D eigenvalue weighted by molar-refractivity contribution is 6.32. The summed E-state index contributed by atoms with van der Waals surface area (Å²) < 4.78 is 5.44. The Morgan fingerprint density at radius 1 is 1.50 bits per heavy atom. The fraction of sp³-hybridized carbons (Fsp3) is 0.400. The van der Waals surface area contributed by atoms with Crippen LogP contribution in [0.15, 0.2) is 12.1 Å². The van der Waals surface area contributed by atoms with Crippen molar-refractivity contribution in [1.82, 2.24) is 0 Å². The Morgan fingerprint density at radius 3 is 2.79 bits per heavy atom. The quantitative estimate of drug-likeness (QED) is 0.757. The van der Waals surface area contributed by atoms with E-state index in [4.69, 9.17) is 22.1 Å². The Hall–Kier alpha value is -0.930. The summed E-state index contributed by atoms with van der Waals surface area (Å²) in [5.41, 5.74) is 6.17. The number of benzene rings is 1. The Kier molecular flexibility index (Phi) is 4.04. The van der Waals surface area contributed by atoms with Gasteiger partial charge >= 0.3 is 0 Å². The first-order chi connectivity index (χ1) is 6.65. The number of aryl methyl sites for hydroxylation is 1. The maximum absolute atomic E-state index is 9.23. The monoisotopic (exact) mass is 215 g/mol. The first-order valence-corrected chi connectivity index (χ1v) is 4.85. The molecule has 1 aromatic carbocycles. The number of rotatable bonds is 4. The Balaban J connectivity index is 2.75. The van der Waals surface area contributed by atoms with Crippen LogP contribution >= 0.6 is 11.6 Å². The minimum Gasteiger partial charge on any atom is -0.508 e. The van der Waals surface area contributed by atoms with Gasteiger partial charge in [0.05, 0.1) is 11.6 Å². The van der Waals surface area contributed by atoms with Crippen LogP contribution in [-0.4, -0.2) is 18.3 Å². The Bertz CT molecular complexity index is 292. The SMILES string of the molecule is Cc1cc(O)cc(Cl)c1OCCCN. The third-order valence-electron chi connectivity index (χ3n) is 1.81. The predicted octanol–water partition coefficient (Wildman–Crippen LogP) is 2.08. The lowest BCUT2D eigenvalue weighted by atomic mass is 10.2. The highest BCUT2D eigenvalue weighted by Crippen LogP contribution is 2.32. The summed E-state index contributed by atoms with van der Waals surface area (Å²) in [7, 11) is 0. The number of phenols is 1. The number of hydrogen-bond donors (Lipinski definition) is 2. The standard InChI is InChI=1S/C10H14ClNO2/c1-7-5-8(13)6-9(11)10(7)14-4-2-3-12/h5-6,13H,2-4,12H2,1H3. The molecule has 0 bridgehead atoms. The van der Waals surface area contributed by atoms with Crippen molar-refractivity contribution in [3.8, 4) is 11.5 Å². The van der Waals surface area contributed by atoms with Crippen LogP contribution in [0, 0.1) is 6.92 Å². The van der Waals surface area contributed by atoms with Crippen LogP contribution in [0.4, 0.5) is 0 Å². The van der Waals surface area contributed by atoms with Gasteiger partial charge in [0.1, 0.15) is 11.5 Å². The molecule has 0 aliphatic heterocycles. The summed E-state index contributed by atoms with van der Waals surface area (Å²) >= 11 is 5.90. The molecule has 0 unspecified atom stereocenters. The molecule has 0 radical (unpaired) electrons. The molecule has 14 heavy (non-hydrogen) atoms. The lowest BCUT2D eigenvalue weighted by Crippen LogP contribution is -2.06. The summed E-state index contributed by atoms with van der Waals surface area (Å²) in [6, 6.07) is 3.08. The van der Waals surface area contributed by atoms with E-state index < -0.39 is 0 Å². The summed E-state index contributed by atoms with van der Waals surface area (Å²) in [6.07, 6.45) is 0.788. The topological polar surface area (TPSA) is 55.5 Å². The van der Waals surface area contributed by atoms with Gasteiger partial charge in [-0.1, -0.05) is 11.6 Å². The van der Waals surface area contributed by atoms with Crippen LogP contribution in [0.5, 0.6) is 11.5 Å². The summed E-state index contributed by atoms with van der Waals surface area (Å²) in [5, 5.41) is 9.66. The van der Waals surface area contributed by atoms with E-state index >= 15 is 0 Å². The molecule has 0 spiro atoms. The van der Waals surface area contributed by atoms with E-state index in [1.165, 1.54) is 6.07 Å². The predicted molar refractivity (Wildman–Crippen MR) is 57.0 cm³/mol. The van der Waals surface area contributed by atoms with Gasteiger partial charge in [0.2, 0.25) is 0 Å². The molecule has 0 aliphatic rings. The number of halogens is 1. The van der Waals surface area contributed by atoms with Crippen molar-refractivity contribution in [2.45, 2.75) is 13.3 Å². The lowest BCUT2D eigenvalue weighted by Gasteiger charge is -2.10. The van der Waals surface area contributed by atoms with Crippen LogP contribution in [0.25, 0.3) is 0 Å². The highest BCUT2D eigenvalue weighted by Gasteiger charge is 2.06. The Labute approximate surface area is 88.4 Å². The zero-order valence-electron chi connectivity index (χ0n) is 8.09. The van der Waals surface area contributed by atoms with Crippen molar-refractivity contribution in [3.63, 3.8) is 0 Å². The van der Waals surface area contributed by atoms with Crippen molar-refractivity contribution < 1.29 is 9.84 Å². The summed E-state index contributed by atoms with van der Waals surface area (Å²) in [4.78, 5) is 0. The highest BCUT2D eigenvalue weighted by atomic mass is 35.5. The smallest absolute Gasteiger partial charge is 0.141 e. The van der Waals surface area contributed by atoms with E-state index in [-0.39, 0.29) is 5.75 Å². The van der Waals surface area contributed by atoms with Crippen molar-refractivity contribution in [2.24, 2.45) is 5.73 Å². The van der Waals surface area contributed by atoms with Gasteiger partial charge in [-0.15, -0.1) is 0 Å². The van der Waals surface area contributed by atoms with Gasteiger partial charge in [-0.05, 0) is 31.5 Å². The fourth-order valence-corrected chi connectivity index (χ4v) is 1.47. The number of phenolic OH excluding ortho intramolecular Hbond substituents is 1. The second kappa shape index (κ2) is 5.08. The molecule has 0 saturated carbocycles. The van der Waals surface area contributed by atoms with Gasteiger partial charge in [-0.2, -0.15) is 0 Å². The lowest BCUT2D eigenvalue weighted by molar-refractivity contribution is 0.311. The molecular formula is C10H14ClNO2. The Morgan fingerprint density at radius 2 is 2.21 bits per heavy atom. The van der Waals surface area contributed by atoms with Crippen molar-refractivity contribution in [2.75, 3.05) is 13.2 Å². The molecule has 3 nitrogen and oxygen atoms in total. The third-order valence-corrected chi connectivity index (χ3v) is 2.09. The minimum atomic E-state index is 0.152. The van der Waals surface area contributed by atoms with Gasteiger partial charge in [0, 0.05) is 6.07 Å². The molecule has 0 atom stereocenters. The van der Waals surface area contributed by atoms with Gasteiger partial charge in [0.15, 0.2) is 0 Å². The maximum atomic E-state index is 9.23. The van der Waals surface area contributed by atoms with Crippen LogP contribution in [0.1, 0.15) is 12.0 Å². The first-order valence-electron chi connectivity index (χ1n) is 4.47.